The van der Waals surface area contributed by atoms with Crippen LogP contribution in [-0.2, 0) is 4.74 Å². The van der Waals surface area contributed by atoms with Crippen LogP contribution in [0.25, 0.3) is 0 Å². The number of aromatic nitrogens is 1. The summed E-state index contributed by atoms with van der Waals surface area (Å²) < 4.78 is 5.46. The molecule has 58 valence electrons. The largest absolute Gasteiger partial charge is 0.362 e. The Morgan fingerprint density at radius 3 is 3.27 bits per heavy atom. The van der Waals surface area contributed by atoms with Crippen molar-refractivity contribution in [3.63, 3.8) is 0 Å². The summed E-state index contributed by atoms with van der Waals surface area (Å²) in [5.74, 6) is 1.10. The third-order valence-electron chi connectivity index (χ3n) is 1.58. The lowest BCUT2D eigenvalue weighted by molar-refractivity contribution is 0.144. The SMILES string of the molecule is c1cncc(C2OCCS2)c1. The number of hydrogen-bond donors (Lipinski definition) is 0. The van der Waals surface area contributed by atoms with Gasteiger partial charge < -0.3 is 4.74 Å². The van der Waals surface area contributed by atoms with Gasteiger partial charge in [0.2, 0.25) is 0 Å². The van der Waals surface area contributed by atoms with Crippen molar-refractivity contribution in [2.75, 3.05) is 12.4 Å². The van der Waals surface area contributed by atoms with Gasteiger partial charge in [-0.1, -0.05) is 6.07 Å². The van der Waals surface area contributed by atoms with Crippen molar-refractivity contribution in [2.24, 2.45) is 0 Å². The molecule has 1 aromatic rings. The molecule has 0 saturated carbocycles. The van der Waals surface area contributed by atoms with Crippen LogP contribution in [0.4, 0.5) is 0 Å². The number of rotatable bonds is 1. The number of pyridine rings is 1. The average Bonchev–Trinajstić information content (AvgIpc) is 2.58. The van der Waals surface area contributed by atoms with Gasteiger partial charge in [-0.25, -0.2) is 0 Å². The van der Waals surface area contributed by atoms with Crippen molar-refractivity contribution in [1.82, 2.24) is 4.98 Å². The van der Waals surface area contributed by atoms with Gasteiger partial charge in [-0.2, -0.15) is 0 Å². The molecule has 1 fully saturated rings. The maximum atomic E-state index is 5.46. The second-order valence-electron chi connectivity index (χ2n) is 2.36. The van der Waals surface area contributed by atoms with Gasteiger partial charge in [-0.3, -0.25) is 4.98 Å². The smallest absolute Gasteiger partial charge is 0.130 e. The van der Waals surface area contributed by atoms with Crippen LogP contribution in [-0.4, -0.2) is 17.3 Å². The normalized spacial score (nSPS) is 23.8. The Hall–Kier alpha value is -0.540. The van der Waals surface area contributed by atoms with Gasteiger partial charge in [-0.05, 0) is 6.07 Å². The summed E-state index contributed by atoms with van der Waals surface area (Å²) in [5.41, 5.74) is 1.40. The Morgan fingerprint density at radius 2 is 2.64 bits per heavy atom. The summed E-state index contributed by atoms with van der Waals surface area (Å²) in [6.07, 6.45) is 3.64. The van der Waals surface area contributed by atoms with E-state index in [2.05, 4.69) is 11.1 Å². The van der Waals surface area contributed by atoms with Crippen molar-refractivity contribution < 1.29 is 4.74 Å². The molecular formula is C8H9NOS. The van der Waals surface area contributed by atoms with Crippen molar-refractivity contribution >= 4 is 11.8 Å². The number of ether oxygens (including phenoxy) is 1. The Bertz CT molecular complexity index is 221. The van der Waals surface area contributed by atoms with Gasteiger partial charge in [0.25, 0.3) is 0 Å². The number of thioether (sulfide) groups is 1. The Morgan fingerprint density at radius 1 is 1.64 bits per heavy atom. The summed E-state index contributed by atoms with van der Waals surface area (Å²) in [6.45, 7) is 0.865. The lowest BCUT2D eigenvalue weighted by atomic mass is 10.3. The molecule has 2 nitrogen and oxygen atoms in total. The molecule has 1 aromatic heterocycles. The highest BCUT2D eigenvalue weighted by molar-refractivity contribution is 7.99. The van der Waals surface area contributed by atoms with Crippen LogP contribution < -0.4 is 0 Å². The van der Waals surface area contributed by atoms with Gasteiger partial charge in [0, 0.05) is 23.7 Å². The topological polar surface area (TPSA) is 22.1 Å². The third-order valence-corrected chi connectivity index (χ3v) is 2.69. The van der Waals surface area contributed by atoms with Crippen LogP contribution in [0.15, 0.2) is 24.5 Å². The van der Waals surface area contributed by atoms with Crippen molar-refractivity contribution in [2.45, 2.75) is 5.44 Å². The molecule has 2 rings (SSSR count). The maximum absolute atomic E-state index is 5.46. The summed E-state index contributed by atoms with van der Waals surface area (Å²) in [5, 5.41) is 0. The predicted octanol–water partition coefficient (Wildman–Crippen LogP) is 1.84. The molecule has 11 heavy (non-hydrogen) atoms. The first-order chi connectivity index (χ1) is 5.47. The van der Waals surface area contributed by atoms with Gasteiger partial charge in [-0.15, -0.1) is 11.8 Å². The minimum absolute atomic E-state index is 0.226. The zero-order valence-electron chi connectivity index (χ0n) is 6.06. The minimum Gasteiger partial charge on any atom is -0.362 e. The van der Waals surface area contributed by atoms with Gasteiger partial charge >= 0.3 is 0 Å². The van der Waals surface area contributed by atoms with Crippen molar-refractivity contribution in [1.29, 1.82) is 0 Å². The molecule has 0 aromatic carbocycles. The van der Waals surface area contributed by atoms with Gasteiger partial charge in [0.15, 0.2) is 0 Å². The van der Waals surface area contributed by atoms with Crippen LogP contribution in [0.3, 0.4) is 0 Å². The number of nitrogens with zero attached hydrogens (tertiary/aromatic N) is 1. The fraction of sp³-hybridized carbons (Fsp3) is 0.375. The summed E-state index contributed by atoms with van der Waals surface area (Å²) in [4.78, 5) is 4.04. The third kappa shape index (κ3) is 1.54. The van der Waals surface area contributed by atoms with E-state index in [4.69, 9.17) is 4.74 Å². The zero-order chi connectivity index (χ0) is 7.52. The molecule has 1 aliphatic heterocycles. The quantitative estimate of drug-likeness (QED) is 0.637. The Kier molecular flexibility index (Phi) is 2.10. The highest BCUT2D eigenvalue weighted by Crippen LogP contribution is 2.33. The molecule has 0 aliphatic carbocycles. The molecule has 0 bridgehead atoms. The maximum Gasteiger partial charge on any atom is 0.130 e. The highest BCUT2D eigenvalue weighted by Gasteiger charge is 2.17. The van der Waals surface area contributed by atoms with Gasteiger partial charge in [0.1, 0.15) is 5.44 Å². The molecule has 1 unspecified atom stereocenters. The van der Waals surface area contributed by atoms with Crippen LogP contribution in [0.5, 0.6) is 0 Å². The fourth-order valence-electron chi connectivity index (χ4n) is 1.07. The van der Waals surface area contributed by atoms with E-state index in [0.29, 0.717) is 0 Å². The van der Waals surface area contributed by atoms with E-state index in [1.54, 1.807) is 6.20 Å². The minimum atomic E-state index is 0.226. The first kappa shape index (κ1) is 7.13. The lowest BCUT2D eigenvalue weighted by Crippen LogP contribution is -1.92. The van der Waals surface area contributed by atoms with E-state index in [1.165, 1.54) is 5.56 Å². The molecular weight excluding hydrogens is 158 g/mol. The van der Waals surface area contributed by atoms with Crippen LogP contribution in [0, 0.1) is 0 Å². The zero-order valence-corrected chi connectivity index (χ0v) is 6.88. The van der Waals surface area contributed by atoms with Gasteiger partial charge in [0.05, 0.1) is 6.61 Å². The highest BCUT2D eigenvalue weighted by atomic mass is 32.2. The molecule has 0 radical (unpaired) electrons. The summed E-state index contributed by atoms with van der Waals surface area (Å²) >= 11 is 1.83. The Labute approximate surface area is 70.0 Å². The second kappa shape index (κ2) is 3.24. The average molecular weight is 167 g/mol. The summed E-state index contributed by atoms with van der Waals surface area (Å²) in [7, 11) is 0. The second-order valence-corrected chi connectivity index (χ2v) is 3.53. The monoisotopic (exact) mass is 167 g/mol. The Balaban J connectivity index is 2.16. The van der Waals surface area contributed by atoms with Crippen molar-refractivity contribution in [3.05, 3.63) is 30.1 Å². The first-order valence-corrected chi connectivity index (χ1v) is 4.65. The van der Waals surface area contributed by atoms with Crippen LogP contribution in [0.1, 0.15) is 11.0 Å². The van der Waals surface area contributed by atoms with E-state index in [9.17, 15) is 0 Å². The van der Waals surface area contributed by atoms with Crippen LogP contribution >= 0.6 is 11.8 Å². The number of hydrogen-bond acceptors (Lipinski definition) is 3. The molecule has 0 amide bonds. The molecule has 0 N–H and O–H groups in total. The molecule has 1 aliphatic rings. The summed E-state index contributed by atoms with van der Waals surface area (Å²) in [6, 6.07) is 3.99. The van der Waals surface area contributed by atoms with Crippen LogP contribution in [0.2, 0.25) is 0 Å². The van der Waals surface area contributed by atoms with E-state index >= 15 is 0 Å². The molecule has 1 atom stereocenters. The molecule has 3 heteroatoms. The molecule has 1 saturated heterocycles. The van der Waals surface area contributed by atoms with E-state index in [-0.39, 0.29) is 5.44 Å². The lowest BCUT2D eigenvalue weighted by Gasteiger charge is -2.06. The van der Waals surface area contributed by atoms with E-state index in [1.807, 2.05) is 24.0 Å². The molecule has 2 heterocycles. The predicted molar refractivity (Wildman–Crippen MR) is 45.4 cm³/mol. The standard InChI is InChI=1S/C8H9NOS/c1-2-7(6-9-3-1)8-10-4-5-11-8/h1-3,6,8H,4-5H2. The fourth-order valence-corrected chi connectivity index (χ4v) is 2.00. The first-order valence-electron chi connectivity index (χ1n) is 3.60. The van der Waals surface area contributed by atoms with E-state index < -0.39 is 0 Å². The van der Waals surface area contributed by atoms with E-state index in [0.717, 1.165) is 12.4 Å². The molecule has 0 spiro atoms. The van der Waals surface area contributed by atoms with Crippen molar-refractivity contribution in [3.8, 4) is 0 Å².